The van der Waals surface area contributed by atoms with Gasteiger partial charge < -0.3 is 19.4 Å². The molecule has 164 valence electrons. The first-order valence-corrected chi connectivity index (χ1v) is 12.6. The van der Waals surface area contributed by atoms with Crippen molar-refractivity contribution in [3.8, 4) is 11.5 Å². The fourth-order valence-electron chi connectivity index (χ4n) is 4.48. The number of rotatable bonds is 5. The van der Waals surface area contributed by atoms with E-state index in [1.54, 1.807) is 0 Å². The van der Waals surface area contributed by atoms with Gasteiger partial charge in [0.15, 0.2) is 11.5 Å². The quantitative estimate of drug-likeness (QED) is 0.656. The van der Waals surface area contributed by atoms with Gasteiger partial charge in [-0.2, -0.15) is 0 Å². The van der Waals surface area contributed by atoms with Crippen LogP contribution in [-0.2, 0) is 29.9 Å². The molecule has 2 aliphatic heterocycles. The van der Waals surface area contributed by atoms with E-state index >= 15 is 0 Å². The van der Waals surface area contributed by atoms with Crippen molar-refractivity contribution in [2.45, 2.75) is 13.0 Å². The summed E-state index contributed by atoms with van der Waals surface area (Å²) in [7, 11) is -0.839. The topological polar surface area (TPSA) is 72.8 Å². The smallest absolute Gasteiger partial charge is 0.163 e. The molecule has 0 aliphatic carbocycles. The van der Waals surface area contributed by atoms with Crippen molar-refractivity contribution in [1.29, 1.82) is 0 Å². The number of fused-ring (bicyclic) bond motifs is 4. The third kappa shape index (κ3) is 4.09. The zero-order chi connectivity index (χ0) is 21.6. The molecule has 0 fully saturated rings. The lowest BCUT2D eigenvalue weighted by molar-refractivity contribution is 0.171. The summed E-state index contributed by atoms with van der Waals surface area (Å²) in [4.78, 5) is 2.24. The number of aromatic nitrogens is 1. The van der Waals surface area contributed by atoms with Crippen LogP contribution >= 0.6 is 0 Å². The highest BCUT2D eigenvalue weighted by molar-refractivity contribution is 7.90. The lowest BCUT2D eigenvalue weighted by Crippen LogP contribution is -2.34. The molecule has 0 spiro atoms. The van der Waals surface area contributed by atoms with Gasteiger partial charge in [0.2, 0.25) is 0 Å². The first kappa shape index (κ1) is 20.2. The zero-order valence-electron chi connectivity index (χ0n) is 17.8. The van der Waals surface area contributed by atoms with E-state index in [9.17, 15) is 8.42 Å². The lowest BCUT2D eigenvalue weighted by Gasteiger charge is -2.27. The van der Waals surface area contributed by atoms with Crippen molar-refractivity contribution in [3.05, 3.63) is 47.7 Å². The second-order valence-electron chi connectivity index (χ2n) is 8.36. The Morgan fingerprint density at radius 2 is 1.77 bits per heavy atom. The van der Waals surface area contributed by atoms with Crippen LogP contribution in [0.4, 0.5) is 11.4 Å². The number of ether oxygens (including phenoxy) is 2. The largest absolute Gasteiger partial charge is 0.486 e. The molecule has 5 rings (SSSR count). The van der Waals surface area contributed by atoms with Crippen LogP contribution in [0.5, 0.6) is 11.5 Å². The van der Waals surface area contributed by atoms with Crippen molar-refractivity contribution in [2.75, 3.05) is 43.6 Å². The molecule has 3 aromatic rings. The van der Waals surface area contributed by atoms with Gasteiger partial charge in [-0.3, -0.25) is 4.90 Å². The van der Waals surface area contributed by atoms with Crippen LogP contribution < -0.4 is 14.8 Å². The van der Waals surface area contributed by atoms with E-state index in [4.69, 9.17) is 9.47 Å². The van der Waals surface area contributed by atoms with Crippen LogP contribution in [0.1, 0.15) is 11.3 Å². The maximum atomic E-state index is 11.6. The number of aryl methyl sites for hydroxylation is 1. The number of hydrogen-bond donors (Lipinski definition) is 1. The molecule has 0 radical (unpaired) electrons. The third-order valence-electron chi connectivity index (χ3n) is 6.09. The molecular formula is C23H27N3O4S. The van der Waals surface area contributed by atoms with E-state index in [1.807, 2.05) is 18.2 Å². The normalized spacial score (nSPS) is 16.3. The fraction of sp³-hybridized carbons (Fsp3) is 0.391. The SMILES string of the molecule is Cn1c2c(c3ccc(Nc4ccc5c(c4)OCCO5)cc31)CN(CCS(C)(=O)=O)CC2. The summed E-state index contributed by atoms with van der Waals surface area (Å²) in [6.07, 6.45) is 2.23. The Bertz CT molecular complexity index is 1250. The van der Waals surface area contributed by atoms with Crippen LogP contribution in [-0.4, -0.2) is 56.2 Å². The van der Waals surface area contributed by atoms with Crippen LogP contribution in [0, 0.1) is 0 Å². The van der Waals surface area contributed by atoms with Gasteiger partial charge in [0.05, 0.1) is 11.3 Å². The molecule has 2 aliphatic rings. The Hall–Kier alpha value is -2.71. The van der Waals surface area contributed by atoms with Crippen molar-refractivity contribution in [1.82, 2.24) is 9.47 Å². The first-order valence-electron chi connectivity index (χ1n) is 10.5. The highest BCUT2D eigenvalue weighted by Crippen LogP contribution is 2.35. The number of benzene rings is 2. The van der Waals surface area contributed by atoms with E-state index < -0.39 is 9.84 Å². The van der Waals surface area contributed by atoms with Crippen molar-refractivity contribution >= 4 is 32.1 Å². The highest BCUT2D eigenvalue weighted by atomic mass is 32.2. The number of nitrogens with one attached hydrogen (secondary N) is 1. The van der Waals surface area contributed by atoms with Gasteiger partial charge in [0.25, 0.3) is 0 Å². The predicted molar refractivity (Wildman–Crippen MR) is 122 cm³/mol. The van der Waals surface area contributed by atoms with Gasteiger partial charge in [-0.05, 0) is 29.8 Å². The van der Waals surface area contributed by atoms with E-state index in [-0.39, 0.29) is 5.75 Å². The Labute approximate surface area is 182 Å². The second kappa shape index (κ2) is 7.76. The minimum Gasteiger partial charge on any atom is -0.486 e. The third-order valence-corrected chi connectivity index (χ3v) is 7.02. The fourth-order valence-corrected chi connectivity index (χ4v) is 5.07. The molecule has 0 saturated heterocycles. The van der Waals surface area contributed by atoms with Crippen LogP contribution in [0.25, 0.3) is 10.9 Å². The number of anilines is 2. The van der Waals surface area contributed by atoms with E-state index in [2.05, 4.69) is 40.0 Å². The predicted octanol–water partition coefficient (Wildman–Crippen LogP) is 3.10. The number of sulfone groups is 1. The summed E-state index contributed by atoms with van der Waals surface area (Å²) in [5, 5.41) is 4.70. The minimum absolute atomic E-state index is 0.205. The first-order chi connectivity index (χ1) is 14.9. The Morgan fingerprint density at radius 3 is 2.58 bits per heavy atom. The highest BCUT2D eigenvalue weighted by Gasteiger charge is 2.23. The molecule has 0 atom stereocenters. The van der Waals surface area contributed by atoms with E-state index in [0.717, 1.165) is 42.4 Å². The summed E-state index contributed by atoms with van der Waals surface area (Å²) in [6.45, 7) is 3.41. The lowest BCUT2D eigenvalue weighted by atomic mass is 10.0. The molecule has 3 heterocycles. The molecule has 0 saturated carbocycles. The maximum absolute atomic E-state index is 11.6. The van der Waals surface area contributed by atoms with E-state index in [0.29, 0.717) is 19.8 Å². The molecule has 2 aromatic carbocycles. The molecule has 0 amide bonds. The summed E-state index contributed by atoms with van der Waals surface area (Å²) < 4.78 is 36.7. The molecule has 0 bridgehead atoms. The summed E-state index contributed by atoms with van der Waals surface area (Å²) in [5.41, 5.74) is 5.79. The standard InChI is InChI=1S/C23H27N3O4S/c1-25-20-7-8-26(9-12-31(2,27)28)15-19(20)18-5-3-16(13-21(18)25)24-17-4-6-22-23(14-17)30-11-10-29-22/h3-6,13-14,24H,7-12,15H2,1-2H3. The zero-order valence-corrected chi connectivity index (χ0v) is 18.7. The molecule has 1 N–H and O–H groups in total. The average molecular weight is 442 g/mol. The summed E-state index contributed by atoms with van der Waals surface area (Å²) in [5.74, 6) is 1.75. The Balaban J connectivity index is 1.39. The molecule has 8 heteroatoms. The maximum Gasteiger partial charge on any atom is 0.163 e. The van der Waals surface area contributed by atoms with Gasteiger partial charge in [0, 0.05) is 67.9 Å². The molecule has 0 unspecified atom stereocenters. The van der Waals surface area contributed by atoms with Crippen molar-refractivity contribution < 1.29 is 17.9 Å². The van der Waals surface area contributed by atoms with Crippen LogP contribution in [0.15, 0.2) is 36.4 Å². The molecule has 1 aromatic heterocycles. The van der Waals surface area contributed by atoms with Gasteiger partial charge in [-0.25, -0.2) is 8.42 Å². The van der Waals surface area contributed by atoms with Crippen molar-refractivity contribution in [2.24, 2.45) is 7.05 Å². The Morgan fingerprint density at radius 1 is 1.03 bits per heavy atom. The minimum atomic E-state index is -2.95. The monoisotopic (exact) mass is 441 g/mol. The average Bonchev–Trinajstić information content (AvgIpc) is 3.03. The van der Waals surface area contributed by atoms with Gasteiger partial charge in [0.1, 0.15) is 23.1 Å². The summed E-state index contributed by atoms with van der Waals surface area (Å²) >= 11 is 0. The van der Waals surface area contributed by atoms with Gasteiger partial charge in [-0.15, -0.1) is 0 Å². The van der Waals surface area contributed by atoms with Gasteiger partial charge in [-0.1, -0.05) is 6.07 Å². The van der Waals surface area contributed by atoms with E-state index in [1.165, 1.54) is 28.4 Å². The molecule has 7 nitrogen and oxygen atoms in total. The summed E-state index contributed by atoms with van der Waals surface area (Å²) in [6, 6.07) is 12.3. The van der Waals surface area contributed by atoms with Crippen molar-refractivity contribution in [3.63, 3.8) is 0 Å². The van der Waals surface area contributed by atoms with Crippen LogP contribution in [0.2, 0.25) is 0 Å². The number of nitrogens with zero attached hydrogens (tertiary/aromatic N) is 2. The number of hydrogen-bond acceptors (Lipinski definition) is 6. The Kier molecular flexibility index (Phi) is 5.06. The van der Waals surface area contributed by atoms with Gasteiger partial charge >= 0.3 is 0 Å². The van der Waals surface area contributed by atoms with Crippen LogP contribution in [0.3, 0.4) is 0 Å². The molecular weight excluding hydrogens is 414 g/mol. The second-order valence-corrected chi connectivity index (χ2v) is 10.6. The molecule has 31 heavy (non-hydrogen) atoms.